The van der Waals surface area contributed by atoms with Gasteiger partial charge in [0.2, 0.25) is 0 Å². The summed E-state index contributed by atoms with van der Waals surface area (Å²) >= 11 is 0. The summed E-state index contributed by atoms with van der Waals surface area (Å²) in [6, 6.07) is 2.39. The Labute approximate surface area is 145 Å². The van der Waals surface area contributed by atoms with Crippen LogP contribution in [0.25, 0.3) is 0 Å². The highest BCUT2D eigenvalue weighted by Crippen LogP contribution is 2.41. The molecule has 7 heteroatoms. The maximum atomic E-state index is 14.1. The van der Waals surface area contributed by atoms with Crippen molar-refractivity contribution in [3.05, 3.63) is 23.8 Å². The predicted octanol–water partition coefficient (Wildman–Crippen LogP) is 3.78. The van der Waals surface area contributed by atoms with E-state index < -0.39 is 0 Å². The van der Waals surface area contributed by atoms with Gasteiger partial charge in [-0.15, -0.1) is 0 Å². The molecular formula is C18H22FN5O. The summed E-state index contributed by atoms with van der Waals surface area (Å²) in [5.41, 5.74) is 1.39. The summed E-state index contributed by atoms with van der Waals surface area (Å²) in [5, 5.41) is 11.4. The largest absolute Gasteiger partial charge is 0.487 e. The Morgan fingerprint density at radius 1 is 1.28 bits per heavy atom. The Hall–Kier alpha value is -2.31. The fraction of sp³-hybridized carbons (Fsp3) is 0.556. The van der Waals surface area contributed by atoms with Gasteiger partial charge >= 0.3 is 0 Å². The molecule has 25 heavy (non-hydrogen) atoms. The van der Waals surface area contributed by atoms with Gasteiger partial charge in [0.1, 0.15) is 11.5 Å². The van der Waals surface area contributed by atoms with Crippen molar-refractivity contribution in [1.82, 2.24) is 14.8 Å². The molecule has 3 aliphatic rings. The molecule has 132 valence electrons. The number of aromatic nitrogens is 3. The zero-order valence-electron chi connectivity index (χ0n) is 14.3. The van der Waals surface area contributed by atoms with Crippen LogP contribution in [0.4, 0.5) is 21.7 Å². The van der Waals surface area contributed by atoms with E-state index in [2.05, 4.69) is 15.6 Å². The van der Waals surface area contributed by atoms with Gasteiger partial charge in [0.25, 0.3) is 0 Å². The lowest BCUT2D eigenvalue weighted by atomic mass is 9.80. The fourth-order valence-electron chi connectivity index (χ4n) is 3.80. The maximum absolute atomic E-state index is 14.1. The summed E-state index contributed by atoms with van der Waals surface area (Å²) in [6.07, 6.45) is 6.88. The van der Waals surface area contributed by atoms with Crippen molar-refractivity contribution in [2.75, 3.05) is 17.2 Å². The van der Waals surface area contributed by atoms with Crippen LogP contribution in [-0.2, 0) is 0 Å². The van der Waals surface area contributed by atoms with Gasteiger partial charge in [-0.1, -0.05) is 0 Å². The second-order valence-corrected chi connectivity index (χ2v) is 7.37. The molecule has 2 saturated carbocycles. The van der Waals surface area contributed by atoms with Crippen molar-refractivity contribution in [3.8, 4) is 5.75 Å². The van der Waals surface area contributed by atoms with E-state index in [9.17, 15) is 4.39 Å². The van der Waals surface area contributed by atoms with E-state index in [1.807, 2.05) is 11.6 Å². The molecule has 3 heterocycles. The van der Waals surface area contributed by atoms with Crippen LogP contribution < -0.4 is 15.4 Å². The van der Waals surface area contributed by atoms with Crippen molar-refractivity contribution in [3.63, 3.8) is 0 Å². The minimum Gasteiger partial charge on any atom is -0.487 e. The molecule has 2 N–H and O–H groups in total. The van der Waals surface area contributed by atoms with Crippen LogP contribution in [-0.4, -0.2) is 27.4 Å². The van der Waals surface area contributed by atoms with Crippen molar-refractivity contribution < 1.29 is 9.13 Å². The minimum atomic E-state index is -0.319. The van der Waals surface area contributed by atoms with Gasteiger partial charge < -0.3 is 15.4 Å². The normalized spacial score (nSPS) is 25.0. The van der Waals surface area contributed by atoms with E-state index in [0.29, 0.717) is 30.1 Å². The van der Waals surface area contributed by atoms with Gasteiger partial charge in [0, 0.05) is 18.0 Å². The first-order valence-corrected chi connectivity index (χ1v) is 9.10. The van der Waals surface area contributed by atoms with Crippen LogP contribution in [0.15, 0.2) is 12.3 Å². The molecule has 2 fully saturated rings. The van der Waals surface area contributed by atoms with Gasteiger partial charge in [-0.3, -0.25) is 0 Å². The molecule has 2 aliphatic carbocycles. The highest BCUT2D eigenvalue weighted by molar-refractivity contribution is 5.65. The smallest absolute Gasteiger partial charge is 0.184 e. The van der Waals surface area contributed by atoms with E-state index in [1.54, 1.807) is 6.07 Å². The number of fused-ring (bicyclic) bond motifs is 4. The average Bonchev–Trinajstić information content (AvgIpc) is 2.80. The molecule has 2 atom stereocenters. The summed E-state index contributed by atoms with van der Waals surface area (Å²) in [5.74, 6) is 2.30. The van der Waals surface area contributed by atoms with Crippen LogP contribution in [0.5, 0.6) is 5.75 Å². The molecule has 2 aromatic heterocycles. The highest BCUT2D eigenvalue weighted by Gasteiger charge is 2.34. The van der Waals surface area contributed by atoms with E-state index in [-0.39, 0.29) is 11.9 Å². The molecule has 0 unspecified atom stereocenters. The number of halogens is 1. The zero-order chi connectivity index (χ0) is 17.0. The second kappa shape index (κ2) is 5.61. The topological polar surface area (TPSA) is 64.0 Å². The molecule has 2 bridgehead atoms. The van der Waals surface area contributed by atoms with E-state index in [0.717, 1.165) is 42.9 Å². The number of anilines is 3. The lowest BCUT2D eigenvalue weighted by Gasteiger charge is -2.37. The first-order valence-electron chi connectivity index (χ1n) is 9.10. The summed E-state index contributed by atoms with van der Waals surface area (Å²) in [4.78, 5) is 4.21. The number of hydrogen-bond acceptors (Lipinski definition) is 5. The summed E-state index contributed by atoms with van der Waals surface area (Å²) in [6.45, 7) is 2.60. The van der Waals surface area contributed by atoms with Crippen LogP contribution in [0.2, 0.25) is 0 Å². The number of rotatable bonds is 1. The number of pyridine rings is 1. The third-order valence-electron chi connectivity index (χ3n) is 5.75. The minimum absolute atomic E-state index is 0.244. The Morgan fingerprint density at radius 3 is 2.88 bits per heavy atom. The first kappa shape index (κ1) is 15.0. The highest BCUT2D eigenvalue weighted by atomic mass is 19.1. The SMILES string of the molecule is Cc1nn(C2CCC2)c2c1OC[C@@H]1CC[C@H]1Nc1cc(ncc1F)N2. The van der Waals surface area contributed by atoms with Crippen LogP contribution in [0.1, 0.15) is 43.8 Å². The monoisotopic (exact) mass is 343 g/mol. The number of nitrogens with zero attached hydrogens (tertiary/aromatic N) is 3. The predicted molar refractivity (Wildman–Crippen MR) is 93.0 cm³/mol. The van der Waals surface area contributed by atoms with Crippen molar-refractivity contribution in [2.24, 2.45) is 5.92 Å². The second-order valence-electron chi connectivity index (χ2n) is 7.37. The van der Waals surface area contributed by atoms with Crippen molar-refractivity contribution in [1.29, 1.82) is 0 Å². The van der Waals surface area contributed by atoms with Crippen LogP contribution >= 0.6 is 0 Å². The molecule has 5 rings (SSSR count). The van der Waals surface area contributed by atoms with Crippen LogP contribution in [0.3, 0.4) is 0 Å². The van der Waals surface area contributed by atoms with Gasteiger partial charge in [-0.2, -0.15) is 5.10 Å². The maximum Gasteiger partial charge on any atom is 0.184 e. The number of nitrogens with one attached hydrogen (secondary N) is 2. The van der Waals surface area contributed by atoms with E-state index in [4.69, 9.17) is 9.84 Å². The number of aryl methyl sites for hydroxylation is 1. The molecule has 0 spiro atoms. The molecule has 0 saturated heterocycles. The molecule has 1 aliphatic heterocycles. The zero-order valence-corrected chi connectivity index (χ0v) is 14.3. The van der Waals surface area contributed by atoms with Gasteiger partial charge in [0.05, 0.1) is 24.5 Å². The fourth-order valence-corrected chi connectivity index (χ4v) is 3.80. The van der Waals surface area contributed by atoms with Crippen molar-refractivity contribution >= 4 is 17.3 Å². The molecule has 0 amide bonds. The van der Waals surface area contributed by atoms with E-state index >= 15 is 0 Å². The Bertz CT molecular complexity index is 816. The molecular weight excluding hydrogens is 321 g/mol. The standard InChI is InChI=1S/C18H22FN5O/c1-10-17-18(24(23-10)12-3-2-4-12)22-16-7-15(13(19)8-20-16)21-14-6-5-11(14)9-25-17/h7-8,11-12,14,21H,2-6,9H2,1H3,(H,20,22)/t11-,14+/m0/s1. The third-order valence-corrected chi connectivity index (χ3v) is 5.75. The molecule has 2 aromatic rings. The van der Waals surface area contributed by atoms with Gasteiger partial charge in [-0.05, 0) is 39.0 Å². The average molecular weight is 343 g/mol. The van der Waals surface area contributed by atoms with Crippen LogP contribution in [0, 0.1) is 18.7 Å². The lowest BCUT2D eigenvalue weighted by molar-refractivity contribution is 0.163. The first-order chi connectivity index (χ1) is 12.2. The molecule has 6 nitrogen and oxygen atoms in total. The Kier molecular flexibility index (Phi) is 3.36. The quantitative estimate of drug-likeness (QED) is 0.825. The summed E-state index contributed by atoms with van der Waals surface area (Å²) in [7, 11) is 0. The van der Waals surface area contributed by atoms with E-state index in [1.165, 1.54) is 12.6 Å². The Balaban J connectivity index is 1.59. The summed E-state index contributed by atoms with van der Waals surface area (Å²) < 4.78 is 22.4. The number of hydrogen-bond donors (Lipinski definition) is 2. The van der Waals surface area contributed by atoms with Crippen molar-refractivity contribution in [2.45, 2.75) is 51.1 Å². The molecule has 0 radical (unpaired) electrons. The Morgan fingerprint density at radius 2 is 2.16 bits per heavy atom. The van der Waals surface area contributed by atoms with Gasteiger partial charge in [-0.25, -0.2) is 14.1 Å². The van der Waals surface area contributed by atoms with Gasteiger partial charge in [0.15, 0.2) is 17.4 Å². The molecule has 0 aromatic carbocycles. The lowest BCUT2D eigenvalue weighted by Crippen LogP contribution is -2.41. The number of ether oxygens (including phenoxy) is 1. The third kappa shape index (κ3) is 2.44.